The molecule has 0 radical (unpaired) electrons. The maximum atomic E-state index is 11.3. The third-order valence-corrected chi connectivity index (χ3v) is 2.08. The van der Waals surface area contributed by atoms with Gasteiger partial charge in [-0.15, -0.1) is 12.4 Å². The number of hydrogen-bond donors (Lipinski definition) is 1. The molecule has 0 saturated carbocycles. The molecule has 0 aliphatic carbocycles. The highest BCUT2D eigenvalue weighted by Crippen LogP contribution is 2.03. The molecule has 2 amide bonds. The van der Waals surface area contributed by atoms with Crippen LogP contribution in [-0.2, 0) is 0 Å². The van der Waals surface area contributed by atoms with Crippen molar-refractivity contribution in [1.82, 2.24) is 15.3 Å². The summed E-state index contributed by atoms with van der Waals surface area (Å²) < 4.78 is 0. The Morgan fingerprint density at radius 2 is 2.50 bits per heavy atom. The predicted octanol–water partition coefficient (Wildman–Crippen LogP) is 1.25. The fourth-order valence-corrected chi connectivity index (χ4v) is 1.36. The molecule has 86 valence electrons. The topological polar surface area (TPSA) is 57.6 Å². The number of hydrazone groups is 1. The molecular formula is C10H13ClN4O. The van der Waals surface area contributed by atoms with Crippen molar-refractivity contribution >= 4 is 24.7 Å². The molecule has 2 rings (SSSR count). The summed E-state index contributed by atoms with van der Waals surface area (Å²) >= 11 is 0. The summed E-state index contributed by atoms with van der Waals surface area (Å²) in [6.07, 6.45) is 5.02. The number of amides is 2. The van der Waals surface area contributed by atoms with Crippen LogP contribution in [0.15, 0.2) is 29.6 Å². The van der Waals surface area contributed by atoms with E-state index in [2.05, 4.69) is 15.4 Å². The van der Waals surface area contributed by atoms with E-state index >= 15 is 0 Å². The zero-order valence-corrected chi connectivity index (χ0v) is 9.65. The number of carbonyl (C=O) groups is 1. The Morgan fingerprint density at radius 1 is 1.69 bits per heavy atom. The number of hydrogen-bond acceptors (Lipinski definition) is 3. The Labute approximate surface area is 100.0 Å². The SMILES string of the molecule is CC1CN(N=Cc2cccnc2)C(=O)N1.Cl. The van der Waals surface area contributed by atoms with Crippen LogP contribution in [0.1, 0.15) is 12.5 Å². The summed E-state index contributed by atoms with van der Waals surface area (Å²) in [5.41, 5.74) is 0.879. The van der Waals surface area contributed by atoms with Gasteiger partial charge in [-0.2, -0.15) is 5.10 Å². The number of nitrogens with zero attached hydrogens (tertiary/aromatic N) is 3. The summed E-state index contributed by atoms with van der Waals surface area (Å²) in [5.74, 6) is 0. The lowest BCUT2D eigenvalue weighted by Gasteiger charge is -2.05. The molecule has 1 N–H and O–H groups in total. The van der Waals surface area contributed by atoms with Crippen molar-refractivity contribution in [1.29, 1.82) is 0 Å². The van der Waals surface area contributed by atoms with Crippen LogP contribution in [0, 0.1) is 0 Å². The molecule has 1 unspecified atom stereocenters. The van der Waals surface area contributed by atoms with E-state index < -0.39 is 0 Å². The average Bonchev–Trinajstić information content (AvgIpc) is 2.56. The van der Waals surface area contributed by atoms with Gasteiger partial charge in [0.2, 0.25) is 0 Å². The monoisotopic (exact) mass is 240 g/mol. The summed E-state index contributed by atoms with van der Waals surface area (Å²) in [4.78, 5) is 15.2. The minimum absolute atomic E-state index is 0. The van der Waals surface area contributed by atoms with E-state index in [1.54, 1.807) is 18.6 Å². The first-order valence-electron chi connectivity index (χ1n) is 4.78. The Hall–Kier alpha value is -1.62. The summed E-state index contributed by atoms with van der Waals surface area (Å²) in [7, 11) is 0. The van der Waals surface area contributed by atoms with Gasteiger partial charge in [0.05, 0.1) is 12.8 Å². The highest BCUT2D eigenvalue weighted by Gasteiger charge is 2.24. The molecule has 0 bridgehead atoms. The van der Waals surface area contributed by atoms with Gasteiger partial charge in [0, 0.05) is 24.0 Å². The normalized spacial score (nSPS) is 19.7. The van der Waals surface area contributed by atoms with Crippen molar-refractivity contribution in [3.63, 3.8) is 0 Å². The highest BCUT2D eigenvalue weighted by atomic mass is 35.5. The summed E-state index contributed by atoms with van der Waals surface area (Å²) in [6.45, 7) is 2.55. The molecule has 6 heteroatoms. The molecule has 1 atom stereocenters. The second kappa shape index (κ2) is 5.46. The number of aromatic nitrogens is 1. The number of halogens is 1. The molecule has 0 spiro atoms. The van der Waals surface area contributed by atoms with Crippen molar-refractivity contribution in [3.8, 4) is 0 Å². The van der Waals surface area contributed by atoms with Crippen molar-refractivity contribution in [2.24, 2.45) is 5.10 Å². The van der Waals surface area contributed by atoms with E-state index in [9.17, 15) is 4.79 Å². The van der Waals surface area contributed by atoms with Crippen LogP contribution in [0.3, 0.4) is 0 Å². The van der Waals surface area contributed by atoms with Gasteiger partial charge in [0.1, 0.15) is 0 Å². The Morgan fingerprint density at radius 3 is 3.06 bits per heavy atom. The first-order chi connectivity index (χ1) is 7.25. The number of carbonyl (C=O) groups excluding carboxylic acids is 1. The van der Waals surface area contributed by atoms with Gasteiger partial charge in [0.15, 0.2) is 0 Å². The van der Waals surface area contributed by atoms with Crippen molar-refractivity contribution < 1.29 is 4.79 Å². The third kappa shape index (κ3) is 2.93. The fourth-order valence-electron chi connectivity index (χ4n) is 1.36. The predicted molar refractivity (Wildman–Crippen MR) is 63.8 cm³/mol. The van der Waals surface area contributed by atoms with Crippen LogP contribution < -0.4 is 5.32 Å². The van der Waals surface area contributed by atoms with E-state index in [0.717, 1.165) is 5.56 Å². The van der Waals surface area contributed by atoms with Gasteiger partial charge < -0.3 is 5.32 Å². The molecule has 1 aromatic rings. The first-order valence-corrected chi connectivity index (χ1v) is 4.78. The standard InChI is InChI=1S/C10H12N4O.ClH/c1-8-7-14(10(15)13-8)12-6-9-3-2-4-11-5-9;/h2-6,8H,7H2,1H3,(H,13,15);1H. The molecule has 16 heavy (non-hydrogen) atoms. The zero-order valence-electron chi connectivity index (χ0n) is 8.83. The highest BCUT2D eigenvalue weighted by molar-refractivity contribution is 5.85. The molecule has 1 fully saturated rings. The lowest BCUT2D eigenvalue weighted by Crippen LogP contribution is -2.24. The first kappa shape index (κ1) is 12.4. The van der Waals surface area contributed by atoms with Gasteiger partial charge in [-0.1, -0.05) is 6.07 Å². The van der Waals surface area contributed by atoms with Crippen LogP contribution in [0.25, 0.3) is 0 Å². The number of pyridine rings is 1. The van der Waals surface area contributed by atoms with Gasteiger partial charge in [-0.05, 0) is 13.0 Å². The Kier molecular flexibility index (Phi) is 4.25. The second-order valence-electron chi connectivity index (χ2n) is 3.46. The second-order valence-corrected chi connectivity index (χ2v) is 3.46. The number of nitrogens with one attached hydrogen (secondary N) is 1. The molecule has 1 aliphatic heterocycles. The minimum atomic E-state index is -0.150. The lowest BCUT2D eigenvalue weighted by molar-refractivity contribution is 0.219. The van der Waals surface area contributed by atoms with Crippen LogP contribution in [-0.4, -0.2) is 34.8 Å². The third-order valence-electron chi connectivity index (χ3n) is 2.08. The van der Waals surface area contributed by atoms with Crippen LogP contribution in [0.2, 0.25) is 0 Å². The summed E-state index contributed by atoms with van der Waals surface area (Å²) in [5, 5.41) is 8.26. The molecule has 0 aromatic carbocycles. The van der Waals surface area contributed by atoms with E-state index in [0.29, 0.717) is 6.54 Å². The molecule has 1 aromatic heterocycles. The smallest absolute Gasteiger partial charge is 0.332 e. The molecule has 1 aliphatic rings. The Balaban J connectivity index is 0.00000128. The maximum absolute atomic E-state index is 11.3. The van der Waals surface area contributed by atoms with E-state index in [1.807, 2.05) is 19.1 Å². The van der Waals surface area contributed by atoms with Gasteiger partial charge in [-0.3, -0.25) is 4.98 Å². The van der Waals surface area contributed by atoms with Gasteiger partial charge in [0.25, 0.3) is 0 Å². The lowest BCUT2D eigenvalue weighted by atomic mass is 10.3. The number of rotatable bonds is 2. The van der Waals surface area contributed by atoms with E-state index in [4.69, 9.17) is 0 Å². The molecular weight excluding hydrogens is 228 g/mol. The van der Waals surface area contributed by atoms with Gasteiger partial charge in [-0.25, -0.2) is 9.80 Å². The quantitative estimate of drug-likeness (QED) is 0.791. The molecule has 1 saturated heterocycles. The number of urea groups is 1. The Bertz CT molecular complexity index is 382. The summed E-state index contributed by atoms with van der Waals surface area (Å²) in [6, 6.07) is 3.72. The largest absolute Gasteiger partial charge is 0.338 e. The van der Waals surface area contributed by atoms with Crippen LogP contribution >= 0.6 is 12.4 Å². The van der Waals surface area contributed by atoms with Crippen molar-refractivity contribution in [2.75, 3.05) is 6.54 Å². The fraction of sp³-hybridized carbons (Fsp3) is 0.300. The zero-order chi connectivity index (χ0) is 10.7. The van der Waals surface area contributed by atoms with Gasteiger partial charge >= 0.3 is 6.03 Å². The maximum Gasteiger partial charge on any atom is 0.338 e. The van der Waals surface area contributed by atoms with Crippen LogP contribution in [0.5, 0.6) is 0 Å². The van der Waals surface area contributed by atoms with E-state index in [-0.39, 0.29) is 24.5 Å². The van der Waals surface area contributed by atoms with E-state index in [1.165, 1.54) is 5.01 Å². The van der Waals surface area contributed by atoms with Crippen molar-refractivity contribution in [2.45, 2.75) is 13.0 Å². The molecule has 5 nitrogen and oxygen atoms in total. The molecule has 2 heterocycles. The minimum Gasteiger partial charge on any atom is -0.332 e. The average molecular weight is 241 g/mol. The van der Waals surface area contributed by atoms with Crippen molar-refractivity contribution in [3.05, 3.63) is 30.1 Å². The van der Waals surface area contributed by atoms with Crippen LogP contribution in [0.4, 0.5) is 4.79 Å².